The van der Waals surface area contributed by atoms with E-state index in [9.17, 15) is 28.0 Å². The van der Waals surface area contributed by atoms with Crippen LogP contribution in [0.5, 0.6) is 5.75 Å². The second-order valence-electron chi connectivity index (χ2n) is 14.5. The summed E-state index contributed by atoms with van der Waals surface area (Å²) in [5.41, 5.74) is 13.8. The van der Waals surface area contributed by atoms with E-state index in [1.54, 1.807) is 43.7 Å². The molecule has 4 amide bonds. The third kappa shape index (κ3) is 8.42. The molecule has 1 aromatic carbocycles. The van der Waals surface area contributed by atoms with Gasteiger partial charge in [0.15, 0.2) is 0 Å². The van der Waals surface area contributed by atoms with Crippen molar-refractivity contribution in [3.05, 3.63) is 63.3 Å². The van der Waals surface area contributed by atoms with Crippen molar-refractivity contribution in [1.29, 1.82) is 0 Å². The molecule has 2 atom stereocenters. The lowest BCUT2D eigenvalue weighted by Crippen LogP contribution is -2.40. The van der Waals surface area contributed by atoms with Crippen molar-refractivity contribution < 1.29 is 42.2 Å². The van der Waals surface area contributed by atoms with E-state index in [2.05, 4.69) is 25.8 Å². The fraction of sp³-hybridized carbons (Fsp3) is 0.436. The van der Waals surface area contributed by atoms with Crippen LogP contribution in [0.2, 0.25) is 0 Å². The Kier molecular flexibility index (Phi) is 12.2. The minimum atomic E-state index is -0.730. The summed E-state index contributed by atoms with van der Waals surface area (Å²) in [6.07, 6.45) is 3.25. The third-order valence-electron chi connectivity index (χ3n) is 10.2. The van der Waals surface area contributed by atoms with E-state index in [4.69, 9.17) is 30.7 Å². The van der Waals surface area contributed by atoms with E-state index in [1.807, 2.05) is 4.57 Å². The molecule has 7 rings (SSSR count). The lowest BCUT2D eigenvalue weighted by atomic mass is 9.99. The number of imidazole rings is 2. The summed E-state index contributed by atoms with van der Waals surface area (Å²) in [4.78, 5) is 61.6. The van der Waals surface area contributed by atoms with Gasteiger partial charge in [0.1, 0.15) is 53.7 Å². The summed E-state index contributed by atoms with van der Waals surface area (Å²) in [5, 5.41) is 15.2. The monoisotopic (exact) mass is 832 g/mol. The number of amides is 4. The maximum atomic E-state index is 13.8. The number of rotatable bonds is 19. The average Bonchev–Trinajstić information content (AvgIpc) is 3.97. The lowest BCUT2D eigenvalue weighted by molar-refractivity contribution is -0.120. The lowest BCUT2D eigenvalue weighted by Gasteiger charge is -2.27. The Morgan fingerprint density at radius 3 is 2.17 bits per heavy atom. The molecule has 0 spiro atoms. The van der Waals surface area contributed by atoms with E-state index >= 15 is 0 Å². The molecule has 0 saturated carbocycles. The quantitative estimate of drug-likeness (QED) is 0.0872. The SMILES string of the molecule is COCCCOC1=c2c(nc(NC(=O)c3cc(C)nn3CCF)n2CCC[C@H]2COc3cc(C(N)=O)cc4nc(NC(=O)c5cc(C)nn5CCF)n2c34)=CC(C(N)=O)C1. The number of ether oxygens (including phenoxy) is 3. The number of aryl methyl sites for hydroxylation is 4. The van der Waals surface area contributed by atoms with Crippen LogP contribution in [0.25, 0.3) is 22.9 Å². The first-order valence-corrected chi connectivity index (χ1v) is 19.4. The molecular formula is C39H46F2N12O7. The van der Waals surface area contributed by atoms with Gasteiger partial charge >= 0.3 is 0 Å². The van der Waals surface area contributed by atoms with Crippen LogP contribution in [0, 0.1) is 19.8 Å². The number of carbonyl (C=O) groups excluding carboxylic acids is 4. The molecule has 318 valence electrons. The Bertz CT molecular complexity index is 2590. The first kappa shape index (κ1) is 41.5. The van der Waals surface area contributed by atoms with Gasteiger partial charge in [-0.25, -0.2) is 18.7 Å². The smallest absolute Gasteiger partial charge is 0.276 e. The van der Waals surface area contributed by atoms with Gasteiger partial charge in [-0.2, -0.15) is 10.2 Å². The number of fused-ring (bicyclic) bond motifs is 1. The van der Waals surface area contributed by atoms with Crippen molar-refractivity contribution in [2.24, 2.45) is 17.4 Å². The Morgan fingerprint density at radius 1 is 0.883 bits per heavy atom. The molecule has 1 aliphatic carbocycles. The van der Waals surface area contributed by atoms with E-state index in [-0.39, 0.29) is 68.1 Å². The largest absolute Gasteiger partial charge is 0.496 e. The van der Waals surface area contributed by atoms with E-state index in [1.165, 1.54) is 21.5 Å². The van der Waals surface area contributed by atoms with Gasteiger partial charge in [0, 0.05) is 38.7 Å². The molecule has 0 radical (unpaired) electrons. The molecule has 60 heavy (non-hydrogen) atoms. The summed E-state index contributed by atoms with van der Waals surface area (Å²) in [7, 11) is 1.58. The van der Waals surface area contributed by atoms with E-state index in [0.717, 1.165) is 0 Å². The first-order valence-electron chi connectivity index (χ1n) is 19.4. The van der Waals surface area contributed by atoms with E-state index < -0.39 is 48.9 Å². The molecule has 2 aliphatic rings. The van der Waals surface area contributed by atoms with Gasteiger partial charge in [-0.05, 0) is 57.0 Å². The predicted molar refractivity (Wildman–Crippen MR) is 213 cm³/mol. The molecule has 21 heteroatoms. The van der Waals surface area contributed by atoms with Gasteiger partial charge in [-0.15, -0.1) is 0 Å². The zero-order valence-electron chi connectivity index (χ0n) is 33.4. The molecule has 19 nitrogen and oxygen atoms in total. The zero-order valence-corrected chi connectivity index (χ0v) is 33.4. The Morgan fingerprint density at radius 2 is 1.55 bits per heavy atom. The van der Waals surface area contributed by atoms with Crippen LogP contribution in [0.1, 0.15) is 74.4 Å². The molecule has 1 unspecified atom stereocenters. The summed E-state index contributed by atoms with van der Waals surface area (Å²) in [6, 6.07) is 5.73. The van der Waals surface area contributed by atoms with Crippen LogP contribution in [-0.4, -0.2) is 103 Å². The molecule has 0 saturated heterocycles. The number of aromatic nitrogens is 8. The molecule has 1 aliphatic heterocycles. The van der Waals surface area contributed by atoms with Gasteiger partial charge in [0.05, 0.1) is 53.9 Å². The normalized spacial score (nSPS) is 15.7. The average molecular weight is 833 g/mol. The number of hydrogen-bond donors (Lipinski definition) is 4. The van der Waals surface area contributed by atoms with Gasteiger partial charge in [-0.3, -0.25) is 39.2 Å². The molecular weight excluding hydrogens is 787 g/mol. The first-order chi connectivity index (χ1) is 28.9. The second kappa shape index (κ2) is 17.7. The van der Waals surface area contributed by atoms with Crippen molar-refractivity contribution in [3.63, 3.8) is 0 Å². The fourth-order valence-electron chi connectivity index (χ4n) is 7.59. The van der Waals surface area contributed by atoms with Crippen molar-refractivity contribution in [2.45, 2.75) is 65.2 Å². The van der Waals surface area contributed by atoms with Crippen LogP contribution in [-0.2, 0) is 33.9 Å². The Hall–Kier alpha value is -6.64. The molecule has 0 fully saturated rings. The van der Waals surface area contributed by atoms with Gasteiger partial charge in [0.2, 0.25) is 23.7 Å². The highest BCUT2D eigenvalue weighted by Gasteiger charge is 2.31. The second-order valence-corrected chi connectivity index (χ2v) is 14.5. The molecule has 5 heterocycles. The van der Waals surface area contributed by atoms with Crippen LogP contribution >= 0.6 is 0 Å². The fourth-order valence-corrected chi connectivity index (χ4v) is 7.59. The maximum absolute atomic E-state index is 13.8. The topological polar surface area (TPSA) is 243 Å². The number of halogens is 2. The Labute approximate surface area is 341 Å². The number of benzene rings is 1. The van der Waals surface area contributed by atoms with E-state index in [0.29, 0.717) is 70.5 Å². The number of methoxy groups -OCH3 is 1. The van der Waals surface area contributed by atoms with Crippen molar-refractivity contribution in [3.8, 4) is 5.75 Å². The summed E-state index contributed by atoms with van der Waals surface area (Å²) in [5.74, 6) is -1.98. The minimum Gasteiger partial charge on any atom is -0.496 e. The van der Waals surface area contributed by atoms with Crippen molar-refractivity contribution in [1.82, 2.24) is 38.7 Å². The minimum absolute atomic E-state index is 0.116. The number of nitrogens with one attached hydrogen (secondary N) is 2. The standard InChI is InChI=1S/C39H46F2N12O7/c1-21-14-28(51(48-21)10-7-40)36(56)46-38-44-26-16-23(34(42)54)18-30(59-13-5-12-58-3)32(26)50(38)9-4-6-25-20-60-31-19-24(35(43)55)17-27-33(31)53(25)39(45-27)47-37(57)29-15-22(2)49-52(29)11-8-41/h14-17,19,23,25H,4-13,18,20H2,1-3H3,(H2,42,54)(H2,43,55)(H,44,46,56)(H,45,47,57)/t23?,25-/m0/s1. The predicted octanol–water partition coefficient (Wildman–Crippen LogP) is 1.65. The number of carbonyl (C=O) groups is 4. The number of alkyl halides is 2. The summed E-state index contributed by atoms with van der Waals surface area (Å²) >= 11 is 0. The van der Waals surface area contributed by atoms with Gasteiger partial charge < -0.3 is 34.8 Å². The van der Waals surface area contributed by atoms with Crippen LogP contribution in [0.15, 0.2) is 24.3 Å². The highest BCUT2D eigenvalue weighted by Crippen LogP contribution is 2.39. The van der Waals surface area contributed by atoms with Crippen LogP contribution in [0.4, 0.5) is 20.7 Å². The number of nitrogens with zero attached hydrogens (tertiary/aromatic N) is 8. The number of primary amides is 2. The number of anilines is 2. The highest BCUT2D eigenvalue weighted by atomic mass is 19.1. The number of nitrogens with two attached hydrogens (primary N) is 2. The van der Waals surface area contributed by atoms with Gasteiger partial charge in [-0.1, -0.05) is 0 Å². The van der Waals surface area contributed by atoms with Crippen LogP contribution < -0.4 is 37.5 Å². The van der Waals surface area contributed by atoms with Gasteiger partial charge in [0.25, 0.3) is 11.8 Å². The maximum Gasteiger partial charge on any atom is 0.276 e. The molecule has 5 aromatic rings. The molecule has 4 aromatic heterocycles. The van der Waals surface area contributed by atoms with Crippen LogP contribution in [0.3, 0.4) is 0 Å². The zero-order chi connectivity index (χ0) is 42.7. The van der Waals surface area contributed by atoms with Crippen molar-refractivity contribution >= 4 is 58.4 Å². The number of hydrogen-bond acceptors (Lipinski definition) is 11. The summed E-state index contributed by atoms with van der Waals surface area (Å²) in [6.45, 7) is 2.82. The third-order valence-corrected chi connectivity index (χ3v) is 10.2. The molecule has 0 bridgehead atoms. The molecule has 6 N–H and O–H groups in total. The van der Waals surface area contributed by atoms with Crippen molar-refractivity contribution in [2.75, 3.05) is 50.9 Å². The summed E-state index contributed by atoms with van der Waals surface area (Å²) < 4.78 is 50.6. The highest BCUT2D eigenvalue weighted by molar-refractivity contribution is 6.04. The Balaban J connectivity index is 1.24.